The average molecular weight is 401 g/mol. The summed E-state index contributed by atoms with van der Waals surface area (Å²) in [7, 11) is 1.46. The van der Waals surface area contributed by atoms with Crippen molar-refractivity contribution >= 4 is 29.1 Å². The van der Waals surface area contributed by atoms with Gasteiger partial charge >= 0.3 is 5.76 Å². The molecule has 28 heavy (non-hydrogen) atoms. The highest BCUT2D eigenvalue weighted by molar-refractivity contribution is 6.33. The second-order valence-electron chi connectivity index (χ2n) is 5.97. The Balaban J connectivity index is 1.61. The predicted octanol–water partition coefficient (Wildman–Crippen LogP) is 2.25. The van der Waals surface area contributed by atoms with E-state index in [1.807, 2.05) is 6.07 Å². The molecule has 0 aliphatic rings. The first kappa shape index (κ1) is 19.4. The summed E-state index contributed by atoms with van der Waals surface area (Å²) in [5.41, 5.74) is 1.08. The van der Waals surface area contributed by atoms with Crippen LogP contribution in [0.25, 0.3) is 11.5 Å². The molecule has 9 heteroatoms. The topological polar surface area (TPSA) is 97.4 Å². The van der Waals surface area contributed by atoms with Gasteiger partial charge in [-0.25, -0.2) is 4.79 Å². The molecule has 2 amide bonds. The number of para-hydroxylation sites is 1. The van der Waals surface area contributed by atoms with E-state index in [1.165, 1.54) is 11.9 Å². The highest BCUT2D eigenvalue weighted by Crippen LogP contribution is 2.20. The molecule has 0 atom stereocenters. The monoisotopic (exact) mass is 400 g/mol. The van der Waals surface area contributed by atoms with Gasteiger partial charge in [0.25, 0.3) is 0 Å². The summed E-state index contributed by atoms with van der Waals surface area (Å²) in [6.45, 7) is -0.548. The van der Waals surface area contributed by atoms with Gasteiger partial charge in [0, 0.05) is 12.6 Å². The van der Waals surface area contributed by atoms with E-state index in [1.54, 1.807) is 48.5 Å². The fourth-order valence-corrected chi connectivity index (χ4v) is 2.59. The van der Waals surface area contributed by atoms with Crippen LogP contribution in [0.3, 0.4) is 0 Å². The van der Waals surface area contributed by atoms with Crippen molar-refractivity contribution in [1.29, 1.82) is 0 Å². The van der Waals surface area contributed by atoms with Crippen LogP contribution in [0.1, 0.15) is 0 Å². The van der Waals surface area contributed by atoms with Crippen LogP contribution in [0, 0.1) is 0 Å². The highest BCUT2D eigenvalue weighted by atomic mass is 35.5. The van der Waals surface area contributed by atoms with Crippen LogP contribution in [-0.2, 0) is 16.1 Å². The van der Waals surface area contributed by atoms with Gasteiger partial charge in [0.2, 0.25) is 17.7 Å². The van der Waals surface area contributed by atoms with E-state index in [4.69, 9.17) is 16.0 Å². The van der Waals surface area contributed by atoms with Gasteiger partial charge in [-0.05, 0) is 24.3 Å². The molecule has 1 N–H and O–H groups in total. The minimum Gasteiger partial charge on any atom is -0.388 e. The van der Waals surface area contributed by atoms with Crippen LogP contribution in [-0.4, -0.2) is 40.1 Å². The molecule has 144 valence electrons. The molecule has 0 bridgehead atoms. The fourth-order valence-electron chi connectivity index (χ4n) is 2.41. The van der Waals surface area contributed by atoms with Crippen molar-refractivity contribution in [2.45, 2.75) is 6.54 Å². The predicted molar refractivity (Wildman–Crippen MR) is 104 cm³/mol. The number of halogens is 1. The quantitative estimate of drug-likeness (QED) is 0.684. The van der Waals surface area contributed by atoms with Crippen LogP contribution >= 0.6 is 11.6 Å². The first-order chi connectivity index (χ1) is 13.4. The van der Waals surface area contributed by atoms with Gasteiger partial charge in [-0.2, -0.15) is 4.68 Å². The molecule has 1 heterocycles. The standard InChI is InChI=1S/C19H17ClN4O4/c1-23(11-16(25)21-15-10-6-5-9-14(15)20)17(26)12-24-19(27)28-18(22-24)13-7-3-2-4-8-13/h2-10H,11-12H2,1H3,(H,21,25). The molecule has 3 rings (SSSR count). The van der Waals surface area contributed by atoms with Gasteiger partial charge in [-0.15, -0.1) is 5.10 Å². The van der Waals surface area contributed by atoms with Crippen molar-refractivity contribution < 1.29 is 14.0 Å². The highest BCUT2D eigenvalue weighted by Gasteiger charge is 2.18. The Morgan fingerprint density at radius 2 is 1.82 bits per heavy atom. The summed E-state index contributed by atoms with van der Waals surface area (Å²) in [6, 6.07) is 15.6. The van der Waals surface area contributed by atoms with E-state index in [0.717, 1.165) is 4.68 Å². The zero-order chi connectivity index (χ0) is 20.1. The molecular weight excluding hydrogens is 384 g/mol. The molecule has 0 fully saturated rings. The number of amides is 2. The number of aromatic nitrogens is 2. The van der Waals surface area contributed by atoms with Gasteiger partial charge < -0.3 is 14.6 Å². The maximum atomic E-state index is 12.3. The van der Waals surface area contributed by atoms with Gasteiger partial charge in [0.05, 0.1) is 17.3 Å². The Morgan fingerprint density at radius 3 is 2.54 bits per heavy atom. The molecule has 0 unspecified atom stereocenters. The van der Waals surface area contributed by atoms with Crippen molar-refractivity contribution in [3.8, 4) is 11.5 Å². The third-order valence-corrected chi connectivity index (χ3v) is 4.20. The average Bonchev–Trinajstić information content (AvgIpc) is 3.04. The zero-order valence-electron chi connectivity index (χ0n) is 15.0. The maximum absolute atomic E-state index is 12.3. The smallest absolute Gasteiger partial charge is 0.388 e. The van der Waals surface area contributed by atoms with E-state index >= 15 is 0 Å². The first-order valence-electron chi connectivity index (χ1n) is 8.36. The number of nitrogens with zero attached hydrogens (tertiary/aromatic N) is 3. The van der Waals surface area contributed by atoms with Gasteiger partial charge in [-0.3, -0.25) is 9.59 Å². The number of benzene rings is 2. The number of hydrogen-bond donors (Lipinski definition) is 1. The molecular formula is C19H17ClN4O4. The first-order valence-corrected chi connectivity index (χ1v) is 8.73. The molecule has 1 aromatic heterocycles. The minimum absolute atomic E-state index is 0.123. The summed E-state index contributed by atoms with van der Waals surface area (Å²) in [5, 5.41) is 7.06. The minimum atomic E-state index is -0.749. The third kappa shape index (κ3) is 4.66. The lowest BCUT2D eigenvalue weighted by atomic mass is 10.2. The number of anilines is 1. The fraction of sp³-hybridized carbons (Fsp3) is 0.158. The second-order valence-corrected chi connectivity index (χ2v) is 6.38. The number of hydrogen-bond acceptors (Lipinski definition) is 5. The summed E-state index contributed by atoms with van der Waals surface area (Å²) >= 11 is 5.99. The van der Waals surface area contributed by atoms with Crippen molar-refractivity contribution in [3.63, 3.8) is 0 Å². The lowest BCUT2D eigenvalue weighted by Crippen LogP contribution is -2.38. The van der Waals surface area contributed by atoms with Crippen LogP contribution in [0.4, 0.5) is 5.69 Å². The van der Waals surface area contributed by atoms with E-state index in [2.05, 4.69) is 10.4 Å². The Bertz CT molecular complexity index is 1050. The number of rotatable bonds is 6. The SMILES string of the molecule is CN(CC(=O)Nc1ccccc1Cl)C(=O)Cn1nc(-c2ccccc2)oc1=O. The Morgan fingerprint density at radius 1 is 1.14 bits per heavy atom. The van der Waals surface area contributed by atoms with Crippen LogP contribution in [0.2, 0.25) is 5.02 Å². The van der Waals surface area contributed by atoms with Gasteiger partial charge in [0.15, 0.2) is 0 Å². The molecule has 8 nitrogen and oxygen atoms in total. The molecule has 0 aliphatic carbocycles. The molecule has 3 aromatic rings. The van der Waals surface area contributed by atoms with Crippen LogP contribution in [0.5, 0.6) is 0 Å². The van der Waals surface area contributed by atoms with Crippen molar-refractivity contribution in [1.82, 2.24) is 14.7 Å². The van der Waals surface area contributed by atoms with E-state index < -0.39 is 17.6 Å². The second kappa shape index (κ2) is 8.53. The molecule has 0 saturated heterocycles. The van der Waals surface area contributed by atoms with Gasteiger partial charge in [-0.1, -0.05) is 41.9 Å². The van der Waals surface area contributed by atoms with Crippen LogP contribution in [0.15, 0.2) is 63.8 Å². The molecule has 0 radical (unpaired) electrons. The summed E-state index contributed by atoms with van der Waals surface area (Å²) < 4.78 is 6.01. The van der Waals surface area contributed by atoms with E-state index in [-0.39, 0.29) is 19.0 Å². The van der Waals surface area contributed by atoms with E-state index in [0.29, 0.717) is 16.3 Å². The Kier molecular flexibility index (Phi) is 5.90. The lowest BCUT2D eigenvalue weighted by molar-refractivity contribution is -0.134. The Labute approximate surface area is 165 Å². The van der Waals surface area contributed by atoms with Crippen molar-refractivity contribution in [2.75, 3.05) is 18.9 Å². The zero-order valence-corrected chi connectivity index (χ0v) is 15.7. The normalized spacial score (nSPS) is 10.5. The summed E-state index contributed by atoms with van der Waals surface area (Å²) in [5.74, 6) is -1.51. The summed E-state index contributed by atoms with van der Waals surface area (Å²) in [4.78, 5) is 37.6. The molecule has 0 saturated carbocycles. The number of nitrogens with one attached hydrogen (secondary N) is 1. The molecule has 0 spiro atoms. The number of likely N-dealkylation sites (N-methyl/N-ethyl adjacent to an activating group) is 1. The molecule has 2 aromatic carbocycles. The van der Waals surface area contributed by atoms with E-state index in [9.17, 15) is 14.4 Å². The maximum Gasteiger partial charge on any atom is 0.437 e. The largest absolute Gasteiger partial charge is 0.437 e. The van der Waals surface area contributed by atoms with Crippen molar-refractivity contribution in [3.05, 3.63) is 70.2 Å². The Hall–Kier alpha value is -3.39. The number of carbonyl (C=O) groups is 2. The number of carbonyl (C=O) groups excluding carboxylic acids is 2. The third-order valence-electron chi connectivity index (χ3n) is 3.87. The van der Waals surface area contributed by atoms with Gasteiger partial charge in [0.1, 0.15) is 6.54 Å². The van der Waals surface area contributed by atoms with Crippen molar-refractivity contribution in [2.24, 2.45) is 0 Å². The summed E-state index contributed by atoms with van der Waals surface area (Å²) in [6.07, 6.45) is 0. The molecule has 0 aliphatic heterocycles. The lowest BCUT2D eigenvalue weighted by Gasteiger charge is -2.16. The van der Waals surface area contributed by atoms with Crippen LogP contribution < -0.4 is 11.1 Å².